The summed E-state index contributed by atoms with van der Waals surface area (Å²) in [6, 6.07) is -0.00427. The van der Waals surface area contributed by atoms with Gasteiger partial charge in [-0.1, -0.05) is 33.6 Å². The van der Waals surface area contributed by atoms with Crippen LogP contribution in [0.5, 0.6) is 0 Å². The van der Waals surface area contributed by atoms with Crippen LogP contribution in [0.3, 0.4) is 0 Å². The van der Waals surface area contributed by atoms with Crippen molar-refractivity contribution in [1.29, 1.82) is 0 Å². The Morgan fingerprint density at radius 3 is 2.52 bits per heavy atom. The van der Waals surface area contributed by atoms with Gasteiger partial charge >= 0.3 is 6.18 Å². The van der Waals surface area contributed by atoms with Crippen molar-refractivity contribution in [2.75, 3.05) is 13.6 Å². The number of hydrogen-bond acceptors (Lipinski definition) is 2. The van der Waals surface area contributed by atoms with Crippen LogP contribution in [0.2, 0.25) is 0 Å². The standard InChI is InChI=1S/C19H31F3N2O/c1-12(2)9-13(3)14-7-5-6-8-17(14)23-18(25)15-10-24(4)11-16(15)19(20,21)22/h11-15,17H,5-10H2,1-4H3,(H,23,25). The van der Waals surface area contributed by atoms with Crippen molar-refractivity contribution in [2.45, 2.75) is 65.1 Å². The van der Waals surface area contributed by atoms with Crippen LogP contribution in [-0.4, -0.2) is 36.6 Å². The van der Waals surface area contributed by atoms with E-state index in [4.69, 9.17) is 0 Å². The Kier molecular flexibility index (Phi) is 6.44. The summed E-state index contributed by atoms with van der Waals surface area (Å²) in [4.78, 5) is 14.1. The number of carbonyl (C=O) groups excluding carboxylic acids is 1. The first-order valence-electron chi connectivity index (χ1n) is 9.39. The molecule has 1 heterocycles. The van der Waals surface area contributed by atoms with Crippen molar-refractivity contribution in [3.63, 3.8) is 0 Å². The van der Waals surface area contributed by atoms with E-state index in [1.165, 1.54) is 4.90 Å². The van der Waals surface area contributed by atoms with Crippen LogP contribution < -0.4 is 5.32 Å². The van der Waals surface area contributed by atoms with Gasteiger partial charge in [-0.25, -0.2) is 0 Å². The summed E-state index contributed by atoms with van der Waals surface area (Å²) in [5.74, 6) is -0.182. The van der Waals surface area contributed by atoms with Crippen LogP contribution in [0.1, 0.15) is 52.9 Å². The van der Waals surface area contributed by atoms with Gasteiger partial charge in [0.1, 0.15) is 0 Å². The largest absolute Gasteiger partial charge is 0.414 e. The Hall–Kier alpha value is -1.20. The summed E-state index contributed by atoms with van der Waals surface area (Å²) in [6.45, 7) is 6.67. The van der Waals surface area contributed by atoms with Gasteiger partial charge in [-0.05, 0) is 37.0 Å². The fourth-order valence-corrected chi connectivity index (χ4v) is 4.48. The van der Waals surface area contributed by atoms with E-state index in [0.717, 1.165) is 38.3 Å². The van der Waals surface area contributed by atoms with Crippen molar-refractivity contribution in [1.82, 2.24) is 10.2 Å². The van der Waals surface area contributed by atoms with Gasteiger partial charge in [-0.3, -0.25) is 4.79 Å². The molecule has 4 unspecified atom stereocenters. The van der Waals surface area contributed by atoms with Crippen molar-refractivity contribution < 1.29 is 18.0 Å². The lowest BCUT2D eigenvalue weighted by atomic mass is 9.74. The van der Waals surface area contributed by atoms with Gasteiger partial charge in [-0.2, -0.15) is 13.2 Å². The number of carbonyl (C=O) groups is 1. The van der Waals surface area contributed by atoms with Crippen LogP contribution in [0.15, 0.2) is 11.8 Å². The topological polar surface area (TPSA) is 32.3 Å². The third-order valence-corrected chi connectivity index (χ3v) is 5.57. The molecule has 1 fully saturated rings. The molecule has 1 aliphatic heterocycles. The fourth-order valence-electron chi connectivity index (χ4n) is 4.48. The summed E-state index contributed by atoms with van der Waals surface area (Å²) < 4.78 is 39.6. The predicted octanol–water partition coefficient (Wildman–Crippen LogP) is 4.35. The average molecular weight is 360 g/mol. The number of amides is 1. The summed E-state index contributed by atoms with van der Waals surface area (Å²) >= 11 is 0. The molecule has 0 aromatic heterocycles. The highest BCUT2D eigenvalue weighted by molar-refractivity contribution is 5.83. The normalized spacial score (nSPS) is 28.9. The smallest absolute Gasteiger partial charge is 0.379 e. The lowest BCUT2D eigenvalue weighted by molar-refractivity contribution is -0.131. The van der Waals surface area contributed by atoms with E-state index in [0.29, 0.717) is 17.8 Å². The molecule has 6 heteroatoms. The number of halogens is 3. The first kappa shape index (κ1) is 20.1. The molecule has 1 N–H and O–H groups in total. The Morgan fingerprint density at radius 2 is 1.92 bits per heavy atom. The molecule has 0 bridgehead atoms. The summed E-state index contributed by atoms with van der Waals surface area (Å²) in [6.07, 6.45) is 1.77. The number of rotatable bonds is 5. The molecule has 0 aromatic carbocycles. The fraction of sp³-hybridized carbons (Fsp3) is 0.842. The zero-order chi connectivity index (χ0) is 18.8. The van der Waals surface area contributed by atoms with Crippen molar-refractivity contribution >= 4 is 5.91 Å². The maximum atomic E-state index is 13.2. The molecule has 4 atom stereocenters. The molecule has 1 amide bonds. The van der Waals surface area contributed by atoms with Crippen LogP contribution >= 0.6 is 0 Å². The summed E-state index contributed by atoms with van der Waals surface area (Å²) in [5.41, 5.74) is -0.727. The maximum absolute atomic E-state index is 13.2. The Bertz CT molecular complexity index is 501. The molecule has 0 spiro atoms. The molecule has 144 valence electrons. The molecule has 1 aliphatic carbocycles. The second-order valence-electron chi connectivity index (χ2n) is 8.24. The van der Waals surface area contributed by atoms with E-state index < -0.39 is 23.6 Å². The van der Waals surface area contributed by atoms with Gasteiger partial charge in [0.2, 0.25) is 5.91 Å². The van der Waals surface area contributed by atoms with Gasteiger partial charge < -0.3 is 10.2 Å². The van der Waals surface area contributed by atoms with Crippen LogP contribution in [0.4, 0.5) is 13.2 Å². The van der Waals surface area contributed by atoms with Crippen molar-refractivity contribution in [3.05, 3.63) is 11.8 Å². The predicted molar refractivity (Wildman–Crippen MR) is 92.8 cm³/mol. The first-order valence-corrected chi connectivity index (χ1v) is 9.39. The molecule has 2 aliphatic rings. The van der Waals surface area contributed by atoms with Crippen LogP contribution in [0.25, 0.3) is 0 Å². The van der Waals surface area contributed by atoms with Gasteiger partial charge in [0, 0.05) is 25.8 Å². The van der Waals surface area contributed by atoms with E-state index in [2.05, 4.69) is 26.1 Å². The number of hydrogen-bond donors (Lipinski definition) is 1. The molecule has 1 saturated carbocycles. The van der Waals surface area contributed by atoms with E-state index in [-0.39, 0.29) is 12.6 Å². The third kappa shape index (κ3) is 5.14. The molecule has 0 radical (unpaired) electrons. The minimum atomic E-state index is -4.45. The zero-order valence-corrected chi connectivity index (χ0v) is 15.7. The van der Waals surface area contributed by atoms with Gasteiger partial charge in [0.25, 0.3) is 0 Å². The molecule has 25 heavy (non-hydrogen) atoms. The van der Waals surface area contributed by atoms with Crippen LogP contribution in [0, 0.1) is 23.7 Å². The lowest BCUT2D eigenvalue weighted by Crippen LogP contribution is -2.48. The van der Waals surface area contributed by atoms with E-state index in [9.17, 15) is 18.0 Å². The molecular formula is C19H31F3N2O. The third-order valence-electron chi connectivity index (χ3n) is 5.57. The SMILES string of the molecule is CC(C)CC(C)C1CCCCC1NC(=O)C1CN(C)C=C1C(F)(F)F. The molecule has 0 saturated heterocycles. The zero-order valence-electron chi connectivity index (χ0n) is 15.7. The first-order chi connectivity index (χ1) is 11.6. The quantitative estimate of drug-likeness (QED) is 0.790. The summed E-state index contributed by atoms with van der Waals surface area (Å²) in [7, 11) is 1.58. The molecule has 3 nitrogen and oxygen atoms in total. The van der Waals surface area contributed by atoms with E-state index in [1.807, 2.05) is 0 Å². The minimum Gasteiger partial charge on any atom is -0.379 e. The second kappa shape index (κ2) is 8.00. The highest BCUT2D eigenvalue weighted by Crippen LogP contribution is 2.37. The second-order valence-corrected chi connectivity index (χ2v) is 8.24. The highest BCUT2D eigenvalue weighted by atomic mass is 19.4. The number of nitrogens with one attached hydrogen (secondary N) is 1. The van der Waals surface area contributed by atoms with Crippen molar-refractivity contribution in [2.24, 2.45) is 23.7 Å². The van der Waals surface area contributed by atoms with Gasteiger partial charge in [-0.15, -0.1) is 0 Å². The van der Waals surface area contributed by atoms with Crippen LogP contribution in [-0.2, 0) is 4.79 Å². The van der Waals surface area contributed by atoms with E-state index >= 15 is 0 Å². The molecule has 0 aromatic rings. The Labute approximate surface area is 149 Å². The number of alkyl halides is 3. The van der Waals surface area contributed by atoms with Crippen molar-refractivity contribution in [3.8, 4) is 0 Å². The minimum absolute atomic E-state index is 0.00427. The van der Waals surface area contributed by atoms with Gasteiger partial charge in [0.15, 0.2) is 0 Å². The average Bonchev–Trinajstić information content (AvgIpc) is 2.89. The van der Waals surface area contributed by atoms with E-state index in [1.54, 1.807) is 7.05 Å². The Balaban J connectivity index is 2.06. The summed E-state index contributed by atoms with van der Waals surface area (Å²) in [5, 5.41) is 2.98. The highest BCUT2D eigenvalue weighted by Gasteiger charge is 2.46. The lowest BCUT2D eigenvalue weighted by Gasteiger charge is -2.37. The van der Waals surface area contributed by atoms with Gasteiger partial charge in [0.05, 0.1) is 11.5 Å². The number of nitrogens with zero attached hydrogens (tertiary/aromatic N) is 1. The molecular weight excluding hydrogens is 329 g/mol. The maximum Gasteiger partial charge on any atom is 0.414 e. The Morgan fingerprint density at radius 1 is 1.28 bits per heavy atom. The monoisotopic (exact) mass is 360 g/mol. The molecule has 2 rings (SSSR count).